The molecule has 0 aliphatic heterocycles. The molecule has 0 aliphatic rings. The summed E-state index contributed by atoms with van der Waals surface area (Å²) in [5.74, 6) is 0.616. The minimum atomic E-state index is -3.84. The summed E-state index contributed by atoms with van der Waals surface area (Å²) < 4.78 is 41.0. The Labute approximate surface area is 209 Å². The Morgan fingerprint density at radius 2 is 1.74 bits per heavy atom. The minimum absolute atomic E-state index is 0.0273. The molecule has 0 amide bonds. The average Bonchev–Trinajstić information content (AvgIpc) is 2.85. The highest BCUT2D eigenvalue weighted by Crippen LogP contribution is 2.28. The van der Waals surface area contributed by atoms with Crippen molar-refractivity contribution in [1.82, 2.24) is 4.83 Å². The van der Waals surface area contributed by atoms with Crippen LogP contribution >= 0.6 is 11.6 Å². The molecular formula is C25H25ClN2O6S. The SMILES string of the molecule is CCCCOc1ccc(C(=O)Oc2ccc(/C=N\NS(=O)(=O)c3ccc(Cl)cc3)cc2OC)cc1. The Balaban J connectivity index is 1.64. The number of carbonyl (C=O) groups is 1. The van der Waals surface area contributed by atoms with E-state index in [1.807, 2.05) is 0 Å². The van der Waals surface area contributed by atoms with Crippen molar-refractivity contribution in [2.45, 2.75) is 24.7 Å². The lowest BCUT2D eigenvalue weighted by molar-refractivity contribution is 0.0729. The molecule has 3 rings (SSSR count). The first-order valence-electron chi connectivity index (χ1n) is 10.8. The van der Waals surface area contributed by atoms with Gasteiger partial charge in [0, 0.05) is 5.02 Å². The van der Waals surface area contributed by atoms with Crippen molar-refractivity contribution < 1.29 is 27.4 Å². The molecule has 0 unspecified atom stereocenters. The highest BCUT2D eigenvalue weighted by molar-refractivity contribution is 7.89. The van der Waals surface area contributed by atoms with Crippen LogP contribution in [0.1, 0.15) is 35.7 Å². The summed E-state index contributed by atoms with van der Waals surface area (Å²) in [6, 6.07) is 17.1. The smallest absolute Gasteiger partial charge is 0.343 e. The van der Waals surface area contributed by atoms with E-state index in [4.69, 9.17) is 25.8 Å². The first kappa shape index (κ1) is 26.1. The monoisotopic (exact) mass is 516 g/mol. The predicted molar refractivity (Wildman–Crippen MR) is 134 cm³/mol. The van der Waals surface area contributed by atoms with Gasteiger partial charge in [-0.15, -0.1) is 0 Å². The number of halogens is 1. The van der Waals surface area contributed by atoms with Crippen molar-refractivity contribution >= 4 is 33.8 Å². The summed E-state index contributed by atoms with van der Waals surface area (Å²) in [5, 5.41) is 4.21. The molecule has 8 nitrogen and oxygen atoms in total. The van der Waals surface area contributed by atoms with Gasteiger partial charge in [0.25, 0.3) is 10.0 Å². The van der Waals surface area contributed by atoms with Crippen LogP contribution < -0.4 is 19.0 Å². The Hall–Kier alpha value is -3.56. The molecule has 10 heteroatoms. The van der Waals surface area contributed by atoms with Crippen molar-refractivity contribution in [1.29, 1.82) is 0 Å². The van der Waals surface area contributed by atoms with E-state index in [0.29, 0.717) is 28.5 Å². The number of hydrogen-bond donors (Lipinski definition) is 1. The zero-order valence-corrected chi connectivity index (χ0v) is 20.8. The van der Waals surface area contributed by atoms with Gasteiger partial charge in [0.15, 0.2) is 11.5 Å². The molecule has 35 heavy (non-hydrogen) atoms. The third-order valence-corrected chi connectivity index (χ3v) is 6.25. The molecule has 0 saturated heterocycles. The summed E-state index contributed by atoms with van der Waals surface area (Å²) in [6.07, 6.45) is 3.30. The fourth-order valence-electron chi connectivity index (χ4n) is 2.87. The Bertz CT molecular complexity index is 1280. The van der Waals surface area contributed by atoms with E-state index in [0.717, 1.165) is 12.8 Å². The van der Waals surface area contributed by atoms with Crippen molar-refractivity contribution in [3.05, 3.63) is 82.9 Å². The molecule has 0 heterocycles. The molecular weight excluding hydrogens is 492 g/mol. The van der Waals surface area contributed by atoms with Gasteiger partial charge in [0.05, 0.1) is 30.4 Å². The van der Waals surface area contributed by atoms with Crippen LogP contribution in [-0.4, -0.2) is 34.3 Å². The molecule has 0 aromatic heterocycles. The van der Waals surface area contributed by atoms with Gasteiger partial charge in [-0.2, -0.15) is 13.5 Å². The zero-order valence-electron chi connectivity index (χ0n) is 19.2. The Morgan fingerprint density at radius 1 is 1.03 bits per heavy atom. The Morgan fingerprint density at radius 3 is 2.40 bits per heavy atom. The van der Waals surface area contributed by atoms with Gasteiger partial charge >= 0.3 is 5.97 Å². The van der Waals surface area contributed by atoms with E-state index < -0.39 is 16.0 Å². The third-order valence-electron chi connectivity index (χ3n) is 4.76. The number of nitrogens with zero attached hydrogens (tertiary/aromatic N) is 1. The molecule has 0 aliphatic carbocycles. The van der Waals surface area contributed by atoms with Crippen molar-refractivity contribution in [2.75, 3.05) is 13.7 Å². The maximum atomic E-state index is 12.5. The number of hydrogen-bond acceptors (Lipinski definition) is 7. The Kier molecular flexibility index (Phi) is 9.11. The first-order valence-corrected chi connectivity index (χ1v) is 12.6. The van der Waals surface area contributed by atoms with Crippen LogP contribution in [-0.2, 0) is 10.0 Å². The minimum Gasteiger partial charge on any atom is -0.494 e. The second kappa shape index (κ2) is 12.2. The van der Waals surface area contributed by atoms with E-state index in [1.54, 1.807) is 36.4 Å². The van der Waals surface area contributed by atoms with Gasteiger partial charge in [-0.25, -0.2) is 9.63 Å². The maximum absolute atomic E-state index is 12.5. The maximum Gasteiger partial charge on any atom is 0.343 e. The number of ether oxygens (including phenoxy) is 3. The molecule has 0 fully saturated rings. The van der Waals surface area contributed by atoms with Gasteiger partial charge in [0.2, 0.25) is 0 Å². The third kappa shape index (κ3) is 7.46. The number of rotatable bonds is 11. The molecule has 0 atom stereocenters. The summed E-state index contributed by atoms with van der Waals surface area (Å²) in [6.45, 7) is 2.70. The lowest BCUT2D eigenvalue weighted by atomic mass is 10.2. The van der Waals surface area contributed by atoms with E-state index in [1.165, 1.54) is 43.7 Å². The second-order valence-corrected chi connectivity index (χ2v) is 9.43. The van der Waals surface area contributed by atoms with E-state index in [-0.39, 0.29) is 16.4 Å². The number of benzene rings is 3. The predicted octanol–water partition coefficient (Wildman–Crippen LogP) is 5.06. The summed E-state index contributed by atoms with van der Waals surface area (Å²) >= 11 is 5.79. The van der Waals surface area contributed by atoms with E-state index in [9.17, 15) is 13.2 Å². The van der Waals surface area contributed by atoms with Gasteiger partial charge in [-0.05, 0) is 78.7 Å². The number of nitrogens with one attached hydrogen (secondary N) is 1. The topological polar surface area (TPSA) is 103 Å². The summed E-state index contributed by atoms with van der Waals surface area (Å²) in [4.78, 5) is 14.7. The molecule has 0 spiro atoms. The zero-order chi connectivity index (χ0) is 25.3. The second-order valence-electron chi connectivity index (χ2n) is 7.33. The standard InChI is InChI=1S/C25H25ClN2O6S/c1-3-4-15-33-21-10-6-19(7-11-21)25(29)34-23-14-5-18(16-24(23)32-2)17-27-28-35(30,31)22-12-8-20(26)9-13-22/h5-14,16-17,28H,3-4,15H2,1-2H3/b27-17-. The molecule has 0 bridgehead atoms. The number of methoxy groups -OCH3 is 1. The van der Waals surface area contributed by atoms with Crippen LogP contribution in [0, 0.1) is 0 Å². The van der Waals surface area contributed by atoms with Gasteiger partial charge in [-0.3, -0.25) is 0 Å². The lowest BCUT2D eigenvalue weighted by Crippen LogP contribution is -2.18. The number of carbonyl (C=O) groups excluding carboxylic acids is 1. The van der Waals surface area contributed by atoms with Crippen LogP contribution in [0.3, 0.4) is 0 Å². The molecule has 3 aromatic carbocycles. The van der Waals surface area contributed by atoms with E-state index in [2.05, 4.69) is 16.9 Å². The lowest BCUT2D eigenvalue weighted by Gasteiger charge is -2.10. The largest absolute Gasteiger partial charge is 0.494 e. The highest BCUT2D eigenvalue weighted by Gasteiger charge is 2.14. The fraction of sp³-hybridized carbons (Fsp3) is 0.200. The molecule has 1 N–H and O–H groups in total. The van der Waals surface area contributed by atoms with Crippen LogP contribution in [0.4, 0.5) is 0 Å². The van der Waals surface area contributed by atoms with Crippen molar-refractivity contribution in [3.8, 4) is 17.2 Å². The number of esters is 1. The van der Waals surface area contributed by atoms with Gasteiger partial charge < -0.3 is 14.2 Å². The highest BCUT2D eigenvalue weighted by atomic mass is 35.5. The van der Waals surface area contributed by atoms with Crippen LogP contribution in [0.2, 0.25) is 5.02 Å². The molecule has 3 aromatic rings. The molecule has 0 radical (unpaired) electrons. The average molecular weight is 517 g/mol. The van der Waals surface area contributed by atoms with Crippen LogP contribution in [0.5, 0.6) is 17.2 Å². The van der Waals surface area contributed by atoms with E-state index >= 15 is 0 Å². The van der Waals surface area contributed by atoms with Crippen molar-refractivity contribution in [3.63, 3.8) is 0 Å². The normalized spacial score (nSPS) is 11.3. The van der Waals surface area contributed by atoms with Gasteiger partial charge in [-0.1, -0.05) is 24.9 Å². The quantitative estimate of drug-likeness (QED) is 0.126. The molecule has 0 saturated carbocycles. The number of hydrazone groups is 1. The van der Waals surface area contributed by atoms with Gasteiger partial charge in [0.1, 0.15) is 5.75 Å². The van der Waals surface area contributed by atoms with Crippen LogP contribution in [0.15, 0.2) is 76.7 Å². The number of sulfonamides is 1. The number of unbranched alkanes of at least 4 members (excludes halogenated alkanes) is 1. The molecule has 184 valence electrons. The van der Waals surface area contributed by atoms with Crippen molar-refractivity contribution in [2.24, 2.45) is 5.10 Å². The summed E-state index contributed by atoms with van der Waals surface area (Å²) in [5.41, 5.74) is 0.881. The summed E-state index contributed by atoms with van der Waals surface area (Å²) in [7, 11) is -2.41. The first-order chi connectivity index (χ1) is 16.8. The van der Waals surface area contributed by atoms with Crippen LogP contribution in [0.25, 0.3) is 0 Å². The fourth-order valence-corrected chi connectivity index (χ4v) is 3.78.